The molecule has 0 bridgehead atoms. The van der Waals surface area contributed by atoms with Gasteiger partial charge in [0.2, 0.25) is 0 Å². The Balaban J connectivity index is 2.54. The lowest BCUT2D eigenvalue weighted by atomic mass is 10.2. The van der Waals surface area contributed by atoms with Crippen LogP contribution in [-0.4, -0.2) is 37.4 Å². The topological polar surface area (TPSA) is 3.24 Å². The number of thioether (sulfide) groups is 1. The maximum atomic E-state index is 2.74. The summed E-state index contributed by atoms with van der Waals surface area (Å²) in [6.07, 6.45) is 2.23. The molecule has 0 aromatic rings. The summed E-state index contributed by atoms with van der Waals surface area (Å²) in [5.41, 5.74) is 0. The van der Waals surface area contributed by atoms with Crippen molar-refractivity contribution in [1.82, 2.24) is 4.57 Å². The Bertz CT molecular complexity index is 180. The van der Waals surface area contributed by atoms with E-state index in [2.05, 4.69) is 44.7 Å². The first-order chi connectivity index (χ1) is 5.79. The number of nitrogens with zero attached hydrogens (tertiary/aromatic N) is 1. The van der Waals surface area contributed by atoms with E-state index in [0.717, 1.165) is 5.25 Å². The maximum absolute atomic E-state index is 2.74. The van der Waals surface area contributed by atoms with Gasteiger partial charge in [0.15, 0.2) is 0 Å². The van der Waals surface area contributed by atoms with Crippen LogP contribution in [0.1, 0.15) is 20.8 Å². The van der Waals surface area contributed by atoms with Crippen LogP contribution < -0.4 is 0 Å². The minimum Gasteiger partial charge on any atom is -0.321 e. The minimum atomic E-state index is -1.16. The molecule has 1 saturated heterocycles. The van der Waals surface area contributed by atoms with Crippen molar-refractivity contribution < 1.29 is 0 Å². The molecule has 0 aromatic heterocycles. The average molecular weight is 217 g/mol. The van der Waals surface area contributed by atoms with Gasteiger partial charge in [0, 0.05) is 18.3 Å². The highest BCUT2D eigenvalue weighted by atomic mass is 32.2. The standard InChI is InChI=1S/C10H23NSSi/c1-10(2,3)13(5,6)11-7-9(8-11)12-4/h9H,7-8H2,1-6H3. The van der Waals surface area contributed by atoms with E-state index < -0.39 is 8.24 Å². The lowest BCUT2D eigenvalue weighted by molar-refractivity contribution is 0.300. The fourth-order valence-corrected chi connectivity index (χ4v) is 4.74. The third-order valence-corrected chi connectivity index (χ3v) is 10.4. The van der Waals surface area contributed by atoms with Gasteiger partial charge in [-0.25, -0.2) is 0 Å². The molecule has 1 nitrogen and oxygen atoms in total. The molecule has 78 valence electrons. The number of hydrogen-bond donors (Lipinski definition) is 0. The molecule has 0 aliphatic carbocycles. The fourth-order valence-electron chi connectivity index (χ4n) is 1.52. The maximum Gasteiger partial charge on any atom is 0.127 e. The Labute approximate surface area is 88.4 Å². The van der Waals surface area contributed by atoms with E-state index >= 15 is 0 Å². The molecule has 3 heteroatoms. The molecule has 1 aliphatic rings. The first-order valence-corrected chi connectivity index (χ1v) is 9.30. The van der Waals surface area contributed by atoms with Crippen molar-refractivity contribution in [2.75, 3.05) is 19.3 Å². The summed E-state index contributed by atoms with van der Waals surface area (Å²) in [7, 11) is -1.16. The highest BCUT2D eigenvalue weighted by Gasteiger charge is 2.45. The van der Waals surface area contributed by atoms with E-state index in [1.165, 1.54) is 13.1 Å². The summed E-state index contributed by atoms with van der Waals surface area (Å²) in [5.74, 6) is 0. The van der Waals surface area contributed by atoms with Crippen molar-refractivity contribution in [3.05, 3.63) is 0 Å². The van der Waals surface area contributed by atoms with Gasteiger partial charge in [-0.1, -0.05) is 33.9 Å². The number of rotatable bonds is 2. The van der Waals surface area contributed by atoms with Gasteiger partial charge < -0.3 is 4.57 Å². The quantitative estimate of drug-likeness (QED) is 0.654. The zero-order valence-corrected chi connectivity index (χ0v) is 11.7. The zero-order valence-electron chi connectivity index (χ0n) is 9.85. The van der Waals surface area contributed by atoms with E-state index in [1.807, 2.05) is 11.8 Å². The van der Waals surface area contributed by atoms with Crippen LogP contribution in [-0.2, 0) is 0 Å². The molecule has 0 N–H and O–H groups in total. The van der Waals surface area contributed by atoms with Gasteiger partial charge in [0.05, 0.1) is 0 Å². The van der Waals surface area contributed by atoms with Crippen LogP contribution in [0.3, 0.4) is 0 Å². The lowest BCUT2D eigenvalue weighted by Gasteiger charge is -2.53. The Kier molecular flexibility index (Phi) is 3.21. The Hall–Kier alpha value is 0.527. The van der Waals surface area contributed by atoms with E-state index in [0.29, 0.717) is 5.04 Å². The molecule has 13 heavy (non-hydrogen) atoms. The fraction of sp³-hybridized carbons (Fsp3) is 1.00. The third-order valence-electron chi connectivity index (χ3n) is 3.81. The second-order valence-electron chi connectivity index (χ2n) is 5.57. The Morgan fingerprint density at radius 2 is 1.69 bits per heavy atom. The second-order valence-corrected chi connectivity index (χ2v) is 12.0. The monoisotopic (exact) mass is 217 g/mol. The molecule has 0 atom stereocenters. The summed E-state index contributed by atoms with van der Waals surface area (Å²) < 4.78 is 2.74. The minimum absolute atomic E-state index is 0.510. The van der Waals surface area contributed by atoms with Gasteiger partial charge in [-0.3, -0.25) is 0 Å². The third kappa shape index (κ3) is 2.13. The second kappa shape index (κ2) is 3.59. The molecule has 1 rings (SSSR count). The molecular formula is C10H23NSSi. The molecule has 0 radical (unpaired) electrons. The largest absolute Gasteiger partial charge is 0.321 e. The molecule has 1 fully saturated rings. The Morgan fingerprint density at radius 3 is 2.00 bits per heavy atom. The first-order valence-electron chi connectivity index (χ1n) is 5.07. The SMILES string of the molecule is CSC1CN([Si](C)(C)C(C)(C)C)C1. The molecule has 0 unspecified atom stereocenters. The van der Waals surface area contributed by atoms with Crippen LogP contribution in [0.4, 0.5) is 0 Å². The number of hydrogen-bond acceptors (Lipinski definition) is 2. The van der Waals surface area contributed by atoms with Gasteiger partial charge in [-0.15, -0.1) is 0 Å². The molecular weight excluding hydrogens is 194 g/mol. The molecule has 0 saturated carbocycles. The highest BCUT2D eigenvalue weighted by Crippen LogP contribution is 2.41. The van der Waals surface area contributed by atoms with Crippen molar-refractivity contribution in [3.63, 3.8) is 0 Å². The van der Waals surface area contributed by atoms with Crippen molar-refractivity contribution in [3.8, 4) is 0 Å². The van der Waals surface area contributed by atoms with E-state index in [-0.39, 0.29) is 0 Å². The van der Waals surface area contributed by atoms with Crippen molar-refractivity contribution in [1.29, 1.82) is 0 Å². The van der Waals surface area contributed by atoms with Crippen LogP contribution in [0, 0.1) is 0 Å². The van der Waals surface area contributed by atoms with E-state index in [1.54, 1.807) is 0 Å². The van der Waals surface area contributed by atoms with E-state index in [9.17, 15) is 0 Å². The van der Waals surface area contributed by atoms with Gasteiger partial charge >= 0.3 is 0 Å². The zero-order chi connectivity index (χ0) is 10.3. The van der Waals surface area contributed by atoms with Crippen LogP contribution in [0.5, 0.6) is 0 Å². The van der Waals surface area contributed by atoms with Crippen LogP contribution >= 0.6 is 11.8 Å². The summed E-state index contributed by atoms with van der Waals surface area (Å²) in [5, 5.41) is 1.42. The smallest absolute Gasteiger partial charge is 0.127 e. The summed E-state index contributed by atoms with van der Waals surface area (Å²) in [4.78, 5) is 0. The predicted molar refractivity (Wildman–Crippen MR) is 66.1 cm³/mol. The normalized spacial score (nSPS) is 21.7. The van der Waals surface area contributed by atoms with Crippen molar-refractivity contribution >= 4 is 20.0 Å². The summed E-state index contributed by atoms with van der Waals surface area (Å²) in [6, 6.07) is 0. The molecule has 1 aliphatic heterocycles. The van der Waals surface area contributed by atoms with Gasteiger partial charge in [0.1, 0.15) is 8.24 Å². The highest BCUT2D eigenvalue weighted by molar-refractivity contribution is 7.99. The first kappa shape index (κ1) is 11.6. The summed E-state index contributed by atoms with van der Waals surface area (Å²) >= 11 is 2.02. The summed E-state index contributed by atoms with van der Waals surface area (Å²) in [6.45, 7) is 14.9. The van der Waals surface area contributed by atoms with Crippen molar-refractivity contribution in [2.45, 2.75) is 44.2 Å². The van der Waals surface area contributed by atoms with Crippen LogP contribution in [0.2, 0.25) is 18.1 Å². The molecule has 0 spiro atoms. The molecule has 1 heterocycles. The van der Waals surface area contributed by atoms with Crippen molar-refractivity contribution in [2.24, 2.45) is 0 Å². The van der Waals surface area contributed by atoms with E-state index in [4.69, 9.17) is 0 Å². The van der Waals surface area contributed by atoms with Gasteiger partial charge in [-0.05, 0) is 11.3 Å². The predicted octanol–water partition coefficient (Wildman–Crippen LogP) is 3.04. The van der Waals surface area contributed by atoms with Crippen LogP contribution in [0.15, 0.2) is 0 Å². The van der Waals surface area contributed by atoms with Gasteiger partial charge in [-0.2, -0.15) is 11.8 Å². The molecule has 0 aromatic carbocycles. The van der Waals surface area contributed by atoms with Crippen LogP contribution in [0.25, 0.3) is 0 Å². The average Bonchev–Trinajstić information content (AvgIpc) is 1.81. The lowest BCUT2D eigenvalue weighted by Crippen LogP contribution is -2.65. The molecule has 0 amide bonds. The van der Waals surface area contributed by atoms with Gasteiger partial charge in [0.25, 0.3) is 0 Å². The Morgan fingerprint density at radius 1 is 1.23 bits per heavy atom.